The average molecular weight is 314 g/mol. The number of nitrogens with zero attached hydrogens (tertiary/aromatic N) is 1. The van der Waals surface area contributed by atoms with Gasteiger partial charge in [0.2, 0.25) is 10.0 Å². The molecular formula is C15H26N2O3S. The molecule has 0 aromatic heterocycles. The Labute approximate surface area is 128 Å². The molecule has 0 saturated carbocycles. The smallest absolute Gasteiger partial charge is 0.211 e. The number of methoxy groups -OCH3 is 1. The van der Waals surface area contributed by atoms with Crippen molar-refractivity contribution in [3.8, 4) is 5.75 Å². The molecule has 1 atom stereocenters. The van der Waals surface area contributed by atoms with Gasteiger partial charge in [-0.05, 0) is 38.2 Å². The summed E-state index contributed by atoms with van der Waals surface area (Å²) in [6.07, 6.45) is 1.56. The molecule has 0 aliphatic heterocycles. The zero-order chi connectivity index (χ0) is 15.9. The van der Waals surface area contributed by atoms with E-state index in [4.69, 9.17) is 4.74 Å². The van der Waals surface area contributed by atoms with Crippen LogP contribution in [0.2, 0.25) is 0 Å². The number of hydrogen-bond donors (Lipinski definition) is 1. The molecule has 1 aromatic carbocycles. The molecule has 0 aliphatic rings. The third-order valence-electron chi connectivity index (χ3n) is 3.39. The molecule has 1 rings (SSSR count). The van der Waals surface area contributed by atoms with Gasteiger partial charge in [0.15, 0.2) is 0 Å². The second kappa shape index (κ2) is 8.36. The van der Waals surface area contributed by atoms with E-state index in [2.05, 4.69) is 4.72 Å². The summed E-state index contributed by atoms with van der Waals surface area (Å²) in [5.41, 5.74) is 1.05. The van der Waals surface area contributed by atoms with E-state index in [0.717, 1.165) is 17.7 Å². The van der Waals surface area contributed by atoms with Crippen LogP contribution in [0.1, 0.15) is 31.4 Å². The van der Waals surface area contributed by atoms with Crippen molar-refractivity contribution >= 4 is 10.0 Å². The highest BCUT2D eigenvalue weighted by molar-refractivity contribution is 7.89. The second-order valence-electron chi connectivity index (χ2n) is 5.27. The Bertz CT molecular complexity index is 512. The Morgan fingerprint density at radius 3 is 2.33 bits per heavy atom. The maximum Gasteiger partial charge on any atom is 0.211 e. The van der Waals surface area contributed by atoms with Gasteiger partial charge in [-0.1, -0.05) is 25.5 Å². The summed E-state index contributed by atoms with van der Waals surface area (Å²) < 4.78 is 31.6. The highest BCUT2D eigenvalue weighted by Crippen LogP contribution is 2.20. The lowest BCUT2D eigenvalue weighted by atomic mass is 10.1. The molecule has 0 fully saturated rings. The number of unbranched alkanes of at least 4 members (excludes halogenated alkanes) is 1. The van der Waals surface area contributed by atoms with Gasteiger partial charge < -0.3 is 9.64 Å². The van der Waals surface area contributed by atoms with Gasteiger partial charge in [-0.15, -0.1) is 0 Å². The first kappa shape index (κ1) is 17.9. The molecule has 1 aromatic rings. The summed E-state index contributed by atoms with van der Waals surface area (Å²) in [4.78, 5) is 2.00. The molecule has 120 valence electrons. The lowest BCUT2D eigenvalue weighted by Gasteiger charge is -2.25. The fourth-order valence-electron chi connectivity index (χ4n) is 2.04. The second-order valence-corrected chi connectivity index (χ2v) is 7.20. The molecule has 0 aliphatic carbocycles. The van der Waals surface area contributed by atoms with Crippen molar-refractivity contribution in [2.75, 3.05) is 33.5 Å². The highest BCUT2D eigenvalue weighted by atomic mass is 32.2. The van der Waals surface area contributed by atoms with Crippen molar-refractivity contribution in [3.05, 3.63) is 29.8 Å². The van der Waals surface area contributed by atoms with E-state index in [1.807, 2.05) is 50.2 Å². The maximum absolute atomic E-state index is 11.9. The van der Waals surface area contributed by atoms with Crippen LogP contribution in [0.25, 0.3) is 0 Å². The van der Waals surface area contributed by atoms with Gasteiger partial charge in [-0.3, -0.25) is 0 Å². The van der Waals surface area contributed by atoms with Crippen LogP contribution in [0.5, 0.6) is 5.75 Å². The molecule has 5 nitrogen and oxygen atoms in total. The fraction of sp³-hybridized carbons (Fsp3) is 0.600. The third-order valence-corrected chi connectivity index (χ3v) is 4.82. The molecule has 0 spiro atoms. The molecule has 1 N–H and O–H groups in total. The number of ether oxygens (including phenoxy) is 1. The van der Waals surface area contributed by atoms with Crippen molar-refractivity contribution < 1.29 is 13.2 Å². The quantitative estimate of drug-likeness (QED) is 0.757. The van der Waals surface area contributed by atoms with Gasteiger partial charge >= 0.3 is 0 Å². The van der Waals surface area contributed by atoms with Gasteiger partial charge in [-0.25, -0.2) is 13.1 Å². The molecular weight excluding hydrogens is 288 g/mol. The van der Waals surface area contributed by atoms with E-state index < -0.39 is 10.0 Å². The van der Waals surface area contributed by atoms with Crippen LogP contribution in [0.15, 0.2) is 24.3 Å². The van der Waals surface area contributed by atoms with Crippen LogP contribution in [-0.4, -0.2) is 46.8 Å². The third kappa shape index (κ3) is 6.03. The number of benzene rings is 1. The van der Waals surface area contributed by atoms with E-state index in [9.17, 15) is 8.42 Å². The van der Waals surface area contributed by atoms with Crippen LogP contribution < -0.4 is 9.46 Å². The summed E-state index contributed by atoms with van der Waals surface area (Å²) in [5, 5.41) is 0. The summed E-state index contributed by atoms with van der Waals surface area (Å²) >= 11 is 0. The summed E-state index contributed by atoms with van der Waals surface area (Å²) in [5.74, 6) is 0.978. The Hall–Kier alpha value is -1.11. The number of rotatable bonds is 9. The Morgan fingerprint density at radius 2 is 1.86 bits per heavy atom. The molecule has 1 unspecified atom stereocenters. The Balaban J connectivity index is 2.73. The Morgan fingerprint density at radius 1 is 1.24 bits per heavy atom. The van der Waals surface area contributed by atoms with E-state index >= 15 is 0 Å². The van der Waals surface area contributed by atoms with E-state index in [1.54, 1.807) is 7.11 Å². The summed E-state index contributed by atoms with van der Waals surface area (Å²) in [6.45, 7) is 2.35. The predicted molar refractivity (Wildman–Crippen MR) is 86.1 cm³/mol. The summed E-state index contributed by atoms with van der Waals surface area (Å²) in [6, 6.07) is 7.69. The van der Waals surface area contributed by atoms with Gasteiger partial charge in [0.25, 0.3) is 0 Å². The predicted octanol–water partition coefficient (Wildman–Crippen LogP) is 2.02. The fourth-order valence-corrected chi connectivity index (χ4v) is 3.26. The van der Waals surface area contributed by atoms with E-state index in [1.165, 1.54) is 0 Å². The average Bonchev–Trinajstić information content (AvgIpc) is 2.45. The van der Waals surface area contributed by atoms with Gasteiger partial charge in [-0.2, -0.15) is 0 Å². The van der Waals surface area contributed by atoms with Crippen LogP contribution >= 0.6 is 0 Å². The van der Waals surface area contributed by atoms with Crippen molar-refractivity contribution in [1.82, 2.24) is 9.62 Å². The van der Waals surface area contributed by atoms with Gasteiger partial charge in [0.05, 0.1) is 12.9 Å². The first-order valence-electron chi connectivity index (χ1n) is 7.17. The standard InChI is InChI=1S/C15H26N2O3S/c1-5-6-11-21(18,19)16-12-15(17(2)3)13-7-9-14(20-4)10-8-13/h7-10,15-16H,5-6,11-12H2,1-4H3. The molecule has 0 amide bonds. The normalized spacial score (nSPS) is 13.4. The lowest BCUT2D eigenvalue weighted by molar-refractivity contribution is 0.299. The molecule has 0 bridgehead atoms. The number of nitrogens with one attached hydrogen (secondary N) is 1. The molecule has 6 heteroatoms. The number of sulfonamides is 1. The Kier molecular flexibility index (Phi) is 7.14. The minimum Gasteiger partial charge on any atom is -0.497 e. The minimum atomic E-state index is -3.19. The molecule has 0 heterocycles. The minimum absolute atomic E-state index is 0.00712. The van der Waals surface area contributed by atoms with E-state index in [0.29, 0.717) is 13.0 Å². The number of likely N-dealkylation sites (N-methyl/N-ethyl adjacent to an activating group) is 1. The van der Waals surface area contributed by atoms with Crippen molar-refractivity contribution in [1.29, 1.82) is 0 Å². The molecule has 21 heavy (non-hydrogen) atoms. The zero-order valence-corrected chi connectivity index (χ0v) is 14.1. The van der Waals surface area contributed by atoms with Crippen LogP contribution in [0, 0.1) is 0 Å². The maximum atomic E-state index is 11.9. The van der Waals surface area contributed by atoms with Crippen molar-refractivity contribution in [2.24, 2.45) is 0 Å². The van der Waals surface area contributed by atoms with E-state index in [-0.39, 0.29) is 11.8 Å². The summed E-state index contributed by atoms with van der Waals surface area (Å²) in [7, 11) is 2.31. The first-order valence-corrected chi connectivity index (χ1v) is 8.82. The van der Waals surface area contributed by atoms with Crippen LogP contribution in [0.3, 0.4) is 0 Å². The highest BCUT2D eigenvalue weighted by Gasteiger charge is 2.17. The van der Waals surface area contributed by atoms with Gasteiger partial charge in [0, 0.05) is 12.6 Å². The molecule has 0 saturated heterocycles. The van der Waals surface area contributed by atoms with Crippen molar-refractivity contribution in [3.63, 3.8) is 0 Å². The van der Waals surface area contributed by atoms with Crippen molar-refractivity contribution in [2.45, 2.75) is 25.8 Å². The topological polar surface area (TPSA) is 58.6 Å². The first-order chi connectivity index (χ1) is 9.89. The SMILES string of the molecule is CCCCS(=O)(=O)NCC(c1ccc(OC)cc1)N(C)C. The zero-order valence-electron chi connectivity index (χ0n) is 13.3. The van der Waals surface area contributed by atoms with Gasteiger partial charge in [0.1, 0.15) is 5.75 Å². The largest absolute Gasteiger partial charge is 0.497 e. The number of hydrogen-bond acceptors (Lipinski definition) is 4. The van der Waals surface area contributed by atoms with Crippen LogP contribution in [0.4, 0.5) is 0 Å². The van der Waals surface area contributed by atoms with Crippen LogP contribution in [-0.2, 0) is 10.0 Å². The monoisotopic (exact) mass is 314 g/mol. The molecule has 0 radical (unpaired) electrons. The lowest BCUT2D eigenvalue weighted by Crippen LogP contribution is -2.35.